The molecule has 0 spiro atoms. The Balaban J connectivity index is 1.75. The summed E-state index contributed by atoms with van der Waals surface area (Å²) in [4.78, 5) is 9.06. The Kier molecular flexibility index (Phi) is 4.33. The smallest absolute Gasteiger partial charge is 0.254 e. The number of fused-ring (bicyclic) bond motifs is 1. The molecule has 136 valence electrons. The normalized spacial score (nSPS) is 10.8. The van der Waals surface area contributed by atoms with Crippen molar-refractivity contribution in [3.05, 3.63) is 60.3 Å². The fourth-order valence-corrected chi connectivity index (χ4v) is 2.79. The van der Waals surface area contributed by atoms with Crippen LogP contribution in [0, 0.1) is 6.92 Å². The second-order valence-electron chi connectivity index (χ2n) is 6.02. The van der Waals surface area contributed by atoms with Gasteiger partial charge in [0.2, 0.25) is 0 Å². The van der Waals surface area contributed by atoms with Crippen LogP contribution in [0.3, 0.4) is 0 Å². The summed E-state index contributed by atoms with van der Waals surface area (Å²) in [5, 5.41) is 7.99. The van der Waals surface area contributed by atoms with Crippen LogP contribution in [0.5, 0.6) is 11.5 Å². The van der Waals surface area contributed by atoms with Gasteiger partial charge in [0, 0.05) is 29.1 Å². The number of nitrogens with zero attached hydrogens (tertiary/aromatic N) is 4. The van der Waals surface area contributed by atoms with Gasteiger partial charge in [0.15, 0.2) is 5.82 Å². The maximum atomic E-state index is 5.29. The third kappa shape index (κ3) is 3.39. The number of anilines is 2. The van der Waals surface area contributed by atoms with E-state index in [0.29, 0.717) is 11.6 Å². The highest BCUT2D eigenvalue weighted by Crippen LogP contribution is 2.24. The van der Waals surface area contributed by atoms with Crippen molar-refractivity contribution < 1.29 is 9.47 Å². The van der Waals surface area contributed by atoms with Crippen LogP contribution in [0.1, 0.15) is 5.69 Å². The first kappa shape index (κ1) is 16.8. The number of hydrogen-bond acceptors (Lipinski definition) is 6. The Bertz CT molecular complexity index is 1090. The Labute approximate surface area is 156 Å². The van der Waals surface area contributed by atoms with Gasteiger partial charge in [0.05, 0.1) is 14.2 Å². The number of aryl methyl sites for hydroxylation is 1. The highest BCUT2D eigenvalue weighted by molar-refractivity contribution is 5.63. The molecule has 2 aromatic heterocycles. The van der Waals surface area contributed by atoms with E-state index in [1.54, 1.807) is 18.7 Å². The zero-order valence-corrected chi connectivity index (χ0v) is 15.3. The van der Waals surface area contributed by atoms with Crippen molar-refractivity contribution in [1.29, 1.82) is 0 Å². The van der Waals surface area contributed by atoms with E-state index in [-0.39, 0.29) is 0 Å². The van der Waals surface area contributed by atoms with Gasteiger partial charge in [-0.2, -0.15) is 9.50 Å². The van der Waals surface area contributed by atoms with Gasteiger partial charge in [-0.3, -0.25) is 0 Å². The molecule has 27 heavy (non-hydrogen) atoms. The first-order valence-corrected chi connectivity index (χ1v) is 8.46. The van der Waals surface area contributed by atoms with Crippen molar-refractivity contribution in [3.63, 3.8) is 0 Å². The topological polar surface area (TPSA) is 73.6 Å². The van der Waals surface area contributed by atoms with Crippen molar-refractivity contribution >= 4 is 17.3 Å². The standard InChI is InChI=1S/C20H19N5O2/c1-13-11-18(22-15-5-4-6-17(12-15)27-3)25-20(21-13)23-19(24-25)14-7-9-16(26-2)10-8-14/h4-12,22H,1-3H3. The molecule has 4 rings (SSSR count). The molecule has 2 heterocycles. The van der Waals surface area contributed by atoms with Gasteiger partial charge < -0.3 is 14.8 Å². The molecule has 0 atom stereocenters. The largest absolute Gasteiger partial charge is 0.497 e. The predicted octanol–water partition coefficient (Wildman–Crippen LogP) is 3.86. The molecule has 1 N–H and O–H groups in total. The van der Waals surface area contributed by atoms with Crippen LogP contribution in [0.25, 0.3) is 17.2 Å². The van der Waals surface area contributed by atoms with E-state index in [9.17, 15) is 0 Å². The monoisotopic (exact) mass is 361 g/mol. The first-order valence-electron chi connectivity index (χ1n) is 8.46. The summed E-state index contributed by atoms with van der Waals surface area (Å²) in [6.45, 7) is 1.93. The highest BCUT2D eigenvalue weighted by Gasteiger charge is 2.12. The van der Waals surface area contributed by atoms with E-state index in [1.807, 2.05) is 61.5 Å². The van der Waals surface area contributed by atoms with Gasteiger partial charge in [-0.05, 0) is 43.3 Å². The van der Waals surface area contributed by atoms with Crippen molar-refractivity contribution in [1.82, 2.24) is 19.6 Å². The van der Waals surface area contributed by atoms with Crippen LogP contribution in [0.15, 0.2) is 54.6 Å². The van der Waals surface area contributed by atoms with Crippen LogP contribution in [0.2, 0.25) is 0 Å². The minimum atomic E-state index is 0.534. The number of benzene rings is 2. The lowest BCUT2D eigenvalue weighted by atomic mass is 10.2. The molecular weight excluding hydrogens is 342 g/mol. The van der Waals surface area contributed by atoms with Crippen LogP contribution in [-0.2, 0) is 0 Å². The quantitative estimate of drug-likeness (QED) is 0.582. The van der Waals surface area contributed by atoms with Crippen LogP contribution in [0.4, 0.5) is 11.5 Å². The van der Waals surface area contributed by atoms with E-state index >= 15 is 0 Å². The van der Waals surface area contributed by atoms with E-state index in [2.05, 4.69) is 20.4 Å². The molecule has 0 aliphatic carbocycles. The SMILES string of the molecule is COc1ccc(-c2nc3nc(C)cc(Nc4cccc(OC)c4)n3n2)cc1. The highest BCUT2D eigenvalue weighted by atomic mass is 16.5. The van der Waals surface area contributed by atoms with E-state index in [1.165, 1.54) is 0 Å². The molecule has 4 aromatic rings. The third-order valence-electron chi connectivity index (χ3n) is 4.13. The molecule has 7 heteroatoms. The minimum absolute atomic E-state index is 0.534. The van der Waals surface area contributed by atoms with Crippen LogP contribution >= 0.6 is 0 Å². The van der Waals surface area contributed by atoms with E-state index < -0.39 is 0 Å². The third-order valence-corrected chi connectivity index (χ3v) is 4.13. The number of hydrogen-bond donors (Lipinski definition) is 1. The second-order valence-corrected chi connectivity index (χ2v) is 6.02. The summed E-state index contributed by atoms with van der Waals surface area (Å²) in [5.41, 5.74) is 2.63. The fraction of sp³-hybridized carbons (Fsp3) is 0.150. The zero-order chi connectivity index (χ0) is 18.8. The molecule has 0 aliphatic heterocycles. The Morgan fingerprint density at radius 3 is 2.41 bits per heavy atom. The first-order chi connectivity index (χ1) is 13.2. The summed E-state index contributed by atoms with van der Waals surface area (Å²) in [6.07, 6.45) is 0. The van der Waals surface area contributed by atoms with Gasteiger partial charge in [-0.1, -0.05) is 6.07 Å². The van der Waals surface area contributed by atoms with Crippen LogP contribution < -0.4 is 14.8 Å². The summed E-state index contributed by atoms with van der Waals surface area (Å²) >= 11 is 0. The van der Waals surface area contributed by atoms with Gasteiger partial charge in [0.25, 0.3) is 5.78 Å². The van der Waals surface area contributed by atoms with Gasteiger partial charge in [-0.15, -0.1) is 5.10 Å². The maximum absolute atomic E-state index is 5.29. The summed E-state index contributed by atoms with van der Waals surface area (Å²) < 4.78 is 12.2. The predicted molar refractivity (Wildman–Crippen MR) is 104 cm³/mol. The second kappa shape index (κ2) is 6.95. The number of ether oxygens (including phenoxy) is 2. The summed E-state index contributed by atoms with van der Waals surface area (Å²) in [5.74, 6) is 3.48. The lowest BCUT2D eigenvalue weighted by Crippen LogP contribution is -2.02. The molecular formula is C20H19N5O2. The fourth-order valence-electron chi connectivity index (χ4n) is 2.79. The average molecular weight is 361 g/mol. The van der Waals surface area contributed by atoms with E-state index in [0.717, 1.165) is 34.3 Å². The molecule has 0 bridgehead atoms. The number of nitrogens with one attached hydrogen (secondary N) is 1. The molecule has 0 aliphatic rings. The molecule has 0 amide bonds. The van der Waals surface area contributed by atoms with Crippen LogP contribution in [-0.4, -0.2) is 33.8 Å². The molecule has 0 radical (unpaired) electrons. The molecule has 0 saturated carbocycles. The molecule has 2 aromatic carbocycles. The van der Waals surface area contributed by atoms with Crippen molar-refractivity contribution in [2.45, 2.75) is 6.92 Å². The van der Waals surface area contributed by atoms with Crippen molar-refractivity contribution in [2.75, 3.05) is 19.5 Å². The number of rotatable bonds is 5. The summed E-state index contributed by atoms with van der Waals surface area (Å²) in [7, 11) is 3.29. The summed E-state index contributed by atoms with van der Waals surface area (Å²) in [6, 6.07) is 17.3. The Morgan fingerprint density at radius 1 is 0.889 bits per heavy atom. The van der Waals surface area contributed by atoms with E-state index in [4.69, 9.17) is 9.47 Å². The van der Waals surface area contributed by atoms with Gasteiger partial charge in [-0.25, -0.2) is 4.98 Å². The number of methoxy groups -OCH3 is 2. The van der Waals surface area contributed by atoms with Crippen molar-refractivity contribution in [3.8, 4) is 22.9 Å². The molecule has 7 nitrogen and oxygen atoms in total. The van der Waals surface area contributed by atoms with Gasteiger partial charge in [0.1, 0.15) is 17.3 Å². The number of aromatic nitrogens is 4. The molecule has 0 fully saturated rings. The zero-order valence-electron chi connectivity index (χ0n) is 15.3. The average Bonchev–Trinajstić information content (AvgIpc) is 3.12. The Hall–Kier alpha value is -3.61. The van der Waals surface area contributed by atoms with Crippen molar-refractivity contribution in [2.24, 2.45) is 0 Å². The maximum Gasteiger partial charge on any atom is 0.254 e. The Morgan fingerprint density at radius 2 is 1.67 bits per heavy atom. The van der Waals surface area contributed by atoms with Gasteiger partial charge >= 0.3 is 0 Å². The lowest BCUT2D eigenvalue weighted by Gasteiger charge is -2.09. The molecule has 0 saturated heterocycles. The lowest BCUT2D eigenvalue weighted by molar-refractivity contribution is 0.415. The molecule has 0 unspecified atom stereocenters. The minimum Gasteiger partial charge on any atom is -0.497 e.